The predicted octanol–water partition coefficient (Wildman–Crippen LogP) is 11.0. The first-order valence-corrected chi connectivity index (χ1v) is 19.8. The van der Waals surface area contributed by atoms with Crippen LogP contribution in [0.5, 0.6) is 5.75 Å². The van der Waals surface area contributed by atoms with Gasteiger partial charge in [-0.2, -0.15) is 0 Å². The van der Waals surface area contributed by atoms with Crippen molar-refractivity contribution in [1.29, 1.82) is 0 Å². The number of amides is 2. The molecule has 61 heavy (non-hydrogen) atoms. The SMILES string of the molecule is C.Cc1ccc([C@@H]2[C@@H](CC[C@H](O)c3ccc(F)cc3)C(=O)N2c2ccc(F)cc2)cc1.O=C1[C@H](CC[C@H](O)c2ccc(F)cc2)[C@@H](c2ccc(O)cc2)N1c1ccc(F)cc1. The van der Waals surface area contributed by atoms with Crippen LogP contribution in [0, 0.1) is 42.0 Å². The maximum atomic E-state index is 13.4. The Morgan fingerprint density at radius 2 is 0.803 bits per heavy atom. The number of aliphatic hydroxyl groups excluding tert-OH is 2. The second kappa shape index (κ2) is 19.4. The molecular formula is C50H48F4N2O5. The van der Waals surface area contributed by atoms with Gasteiger partial charge in [-0.3, -0.25) is 9.59 Å². The van der Waals surface area contributed by atoms with E-state index in [-0.39, 0.29) is 72.2 Å². The molecule has 0 aromatic heterocycles. The molecule has 2 amide bonds. The first-order chi connectivity index (χ1) is 28.9. The van der Waals surface area contributed by atoms with Crippen LogP contribution in [0.3, 0.4) is 0 Å². The molecule has 0 bridgehead atoms. The van der Waals surface area contributed by atoms with Crippen LogP contribution in [0.4, 0.5) is 28.9 Å². The molecule has 0 aliphatic carbocycles. The van der Waals surface area contributed by atoms with Crippen molar-refractivity contribution in [2.45, 2.75) is 64.3 Å². The molecule has 2 aliphatic rings. The molecule has 11 heteroatoms. The Bertz CT molecular complexity index is 2210. The van der Waals surface area contributed by atoms with Gasteiger partial charge in [0, 0.05) is 11.4 Å². The Labute approximate surface area is 353 Å². The summed E-state index contributed by atoms with van der Waals surface area (Å²) in [6.45, 7) is 2.00. The van der Waals surface area contributed by atoms with Crippen molar-refractivity contribution in [3.05, 3.63) is 197 Å². The lowest BCUT2D eigenvalue weighted by molar-refractivity contribution is -0.131. The highest BCUT2D eigenvalue weighted by Gasteiger charge is 2.49. The maximum Gasteiger partial charge on any atom is 0.233 e. The minimum atomic E-state index is -0.807. The molecule has 316 valence electrons. The third-order valence-corrected chi connectivity index (χ3v) is 11.3. The van der Waals surface area contributed by atoms with Gasteiger partial charge in [0.05, 0.1) is 36.1 Å². The summed E-state index contributed by atoms with van der Waals surface area (Å²) >= 11 is 0. The highest BCUT2D eigenvalue weighted by atomic mass is 19.1. The van der Waals surface area contributed by atoms with Crippen LogP contribution in [-0.2, 0) is 9.59 Å². The zero-order valence-corrected chi connectivity index (χ0v) is 32.7. The van der Waals surface area contributed by atoms with Gasteiger partial charge in [0.25, 0.3) is 0 Å². The third-order valence-electron chi connectivity index (χ3n) is 11.3. The lowest BCUT2D eigenvalue weighted by atomic mass is 9.78. The number of hydrogen-bond acceptors (Lipinski definition) is 5. The summed E-state index contributed by atoms with van der Waals surface area (Å²) in [4.78, 5) is 29.2. The van der Waals surface area contributed by atoms with Crippen LogP contribution >= 0.6 is 0 Å². The van der Waals surface area contributed by atoms with Crippen LogP contribution in [0.1, 0.15) is 85.2 Å². The van der Waals surface area contributed by atoms with Crippen molar-refractivity contribution in [3.63, 3.8) is 0 Å². The normalized spacial score (nSPS) is 19.1. The van der Waals surface area contributed by atoms with Crippen molar-refractivity contribution in [2.24, 2.45) is 11.8 Å². The quantitative estimate of drug-likeness (QED) is 0.0842. The van der Waals surface area contributed by atoms with Gasteiger partial charge in [0.1, 0.15) is 29.0 Å². The van der Waals surface area contributed by atoms with E-state index < -0.39 is 12.2 Å². The number of nitrogens with zero attached hydrogens (tertiary/aromatic N) is 2. The molecule has 8 rings (SSSR count). The van der Waals surface area contributed by atoms with E-state index in [0.717, 1.165) is 16.7 Å². The number of phenols is 1. The molecule has 2 heterocycles. The number of anilines is 2. The Balaban J connectivity index is 0.000000201. The monoisotopic (exact) mass is 832 g/mol. The first kappa shape index (κ1) is 44.3. The molecular weight excluding hydrogens is 785 g/mol. The van der Waals surface area contributed by atoms with E-state index in [4.69, 9.17) is 0 Å². The molecule has 2 aliphatic heterocycles. The number of hydrogen-bond donors (Lipinski definition) is 3. The summed E-state index contributed by atoms with van der Waals surface area (Å²) in [7, 11) is 0. The maximum absolute atomic E-state index is 13.4. The summed E-state index contributed by atoms with van der Waals surface area (Å²) in [5.41, 5.74) is 5.45. The van der Waals surface area contributed by atoms with Crippen LogP contribution in [0.2, 0.25) is 0 Å². The summed E-state index contributed by atoms with van der Waals surface area (Å²) in [6.07, 6.45) is 0.0831. The van der Waals surface area contributed by atoms with E-state index in [2.05, 4.69) is 0 Å². The standard InChI is InChI=1S/C25H23F2NO2.C24H21F2NO3.CH4/c1-16-2-4-18(5-3-16)24-22(14-15-23(29)17-6-8-19(26)9-7-17)25(30)28(24)21-12-10-20(27)11-13-21;25-17-5-1-15(2-6-17)22(29)14-13-21-23(16-3-11-20(28)12-4-16)27(24(21)30)19-9-7-18(26)8-10-19;/h2-13,22-24,29H,14-15H2,1H3;1-12,21-23,28-29H,13-14H2;1H4/t22-,23+,24-;21-,22+,23-;/m11./s1. The fourth-order valence-electron chi connectivity index (χ4n) is 8.01. The van der Waals surface area contributed by atoms with Crippen LogP contribution in [-0.4, -0.2) is 27.1 Å². The smallest absolute Gasteiger partial charge is 0.233 e. The van der Waals surface area contributed by atoms with Crippen LogP contribution < -0.4 is 9.80 Å². The second-order valence-corrected chi connectivity index (χ2v) is 15.3. The van der Waals surface area contributed by atoms with Crippen LogP contribution in [0.25, 0.3) is 0 Å². The Morgan fingerprint density at radius 1 is 0.492 bits per heavy atom. The minimum absolute atomic E-state index is 0. The average Bonchev–Trinajstić information content (AvgIpc) is 3.24. The molecule has 0 radical (unpaired) electrons. The van der Waals surface area contributed by atoms with Crippen molar-refractivity contribution in [3.8, 4) is 5.75 Å². The van der Waals surface area contributed by atoms with Crippen molar-refractivity contribution < 1.29 is 42.5 Å². The Morgan fingerprint density at radius 3 is 1.15 bits per heavy atom. The molecule has 2 saturated heterocycles. The minimum Gasteiger partial charge on any atom is -0.508 e. The number of carbonyl (C=O) groups excluding carboxylic acids is 2. The van der Waals surface area contributed by atoms with E-state index in [1.165, 1.54) is 60.7 Å². The lowest BCUT2D eigenvalue weighted by Crippen LogP contribution is -2.55. The van der Waals surface area contributed by atoms with Gasteiger partial charge in [0.15, 0.2) is 0 Å². The molecule has 7 nitrogen and oxygen atoms in total. The Hall–Kier alpha value is -6.30. The van der Waals surface area contributed by atoms with Gasteiger partial charge in [0.2, 0.25) is 11.8 Å². The molecule has 0 unspecified atom stereocenters. The first-order valence-electron chi connectivity index (χ1n) is 19.8. The third kappa shape index (κ3) is 10.0. The van der Waals surface area contributed by atoms with Gasteiger partial charge in [-0.15, -0.1) is 0 Å². The number of benzene rings is 6. The second-order valence-electron chi connectivity index (χ2n) is 15.3. The van der Waals surface area contributed by atoms with Gasteiger partial charge in [-0.1, -0.05) is 73.7 Å². The number of aryl methyl sites for hydroxylation is 1. The zero-order chi connectivity index (χ0) is 42.5. The number of aromatic hydroxyl groups is 1. The fraction of sp³-hybridized carbons (Fsp3) is 0.240. The summed E-state index contributed by atoms with van der Waals surface area (Å²) < 4.78 is 52.9. The van der Waals surface area contributed by atoms with E-state index in [1.807, 2.05) is 31.2 Å². The number of halogens is 4. The predicted molar refractivity (Wildman–Crippen MR) is 227 cm³/mol. The molecule has 6 aromatic rings. The van der Waals surface area contributed by atoms with Crippen LogP contribution in [0.15, 0.2) is 146 Å². The van der Waals surface area contributed by atoms with E-state index in [0.29, 0.717) is 48.2 Å². The molecule has 6 atom stereocenters. The highest BCUT2D eigenvalue weighted by Crippen LogP contribution is 2.48. The fourth-order valence-corrected chi connectivity index (χ4v) is 8.01. The molecule has 0 saturated carbocycles. The number of β-lactam (4-membered cyclic amide) rings is 2. The molecule has 3 N–H and O–H groups in total. The van der Waals surface area contributed by atoms with Crippen molar-refractivity contribution in [2.75, 3.05) is 9.80 Å². The van der Waals surface area contributed by atoms with E-state index >= 15 is 0 Å². The number of rotatable bonds is 12. The Kier molecular flexibility index (Phi) is 14.1. The van der Waals surface area contributed by atoms with Gasteiger partial charge >= 0.3 is 0 Å². The largest absolute Gasteiger partial charge is 0.508 e. The summed E-state index contributed by atoms with van der Waals surface area (Å²) in [5.74, 6) is -2.13. The molecule has 0 spiro atoms. The summed E-state index contributed by atoms with van der Waals surface area (Å²) in [5, 5.41) is 30.5. The van der Waals surface area contributed by atoms with E-state index in [1.54, 1.807) is 70.5 Å². The highest BCUT2D eigenvalue weighted by molar-refractivity contribution is 6.04. The molecule has 2 fully saturated rings. The summed E-state index contributed by atoms with van der Waals surface area (Å²) in [6, 6.07) is 37.3. The zero-order valence-electron chi connectivity index (χ0n) is 32.7. The lowest BCUT2D eigenvalue weighted by Gasteiger charge is -2.48. The van der Waals surface area contributed by atoms with Crippen molar-refractivity contribution in [1.82, 2.24) is 0 Å². The topological polar surface area (TPSA) is 101 Å². The number of phenolic OH excluding ortho intramolecular Hbond substituents is 1. The number of carbonyl (C=O) groups is 2. The van der Waals surface area contributed by atoms with Gasteiger partial charge < -0.3 is 25.1 Å². The van der Waals surface area contributed by atoms with Crippen molar-refractivity contribution >= 4 is 23.2 Å². The van der Waals surface area contributed by atoms with E-state index in [9.17, 15) is 42.5 Å². The average molecular weight is 833 g/mol. The number of aliphatic hydroxyl groups is 2. The van der Waals surface area contributed by atoms with Gasteiger partial charge in [-0.25, -0.2) is 17.6 Å². The van der Waals surface area contributed by atoms with Gasteiger partial charge in [-0.05, 0) is 140 Å². The molecule has 6 aromatic carbocycles.